The van der Waals surface area contributed by atoms with Crippen molar-refractivity contribution in [3.63, 3.8) is 0 Å². The van der Waals surface area contributed by atoms with Gasteiger partial charge in [-0.3, -0.25) is 4.79 Å². The first-order valence-corrected chi connectivity index (χ1v) is 7.38. The van der Waals surface area contributed by atoms with Crippen LogP contribution in [0.3, 0.4) is 0 Å². The molecule has 0 amide bonds. The van der Waals surface area contributed by atoms with Crippen LogP contribution in [0.25, 0.3) is 0 Å². The quantitative estimate of drug-likeness (QED) is 0.510. The summed E-state index contributed by atoms with van der Waals surface area (Å²) in [6.07, 6.45) is 0. The van der Waals surface area contributed by atoms with Crippen LogP contribution in [0.1, 0.15) is 23.3 Å². The largest absolute Gasteiger partial charge is 0.458 e. The number of benzene rings is 1. The molecule has 1 aliphatic rings. The third kappa shape index (κ3) is 3.03. The highest BCUT2D eigenvalue weighted by atomic mass is 127. The van der Waals surface area contributed by atoms with Crippen molar-refractivity contribution in [3.8, 4) is 0 Å². The minimum Gasteiger partial charge on any atom is -0.458 e. The molecule has 2 rings (SSSR count). The van der Waals surface area contributed by atoms with Crippen LogP contribution in [-0.2, 0) is 9.53 Å². The van der Waals surface area contributed by atoms with Crippen LogP contribution >= 0.6 is 22.6 Å². The second-order valence-electron chi connectivity index (χ2n) is 5.15. The van der Waals surface area contributed by atoms with E-state index in [4.69, 9.17) is 4.74 Å². The van der Waals surface area contributed by atoms with E-state index in [2.05, 4.69) is 27.9 Å². The van der Waals surface area contributed by atoms with Crippen molar-refractivity contribution in [1.29, 1.82) is 0 Å². The summed E-state index contributed by atoms with van der Waals surface area (Å²) in [5.41, 5.74) is 0.603. The lowest BCUT2D eigenvalue weighted by molar-refractivity contribution is -0.162. The topological polar surface area (TPSA) is 38.3 Å². The molecule has 1 fully saturated rings. The molecule has 1 atom stereocenters. The van der Waals surface area contributed by atoms with Gasteiger partial charge < -0.3 is 10.1 Å². The molecule has 0 radical (unpaired) electrons. The van der Waals surface area contributed by atoms with Gasteiger partial charge in [0.1, 0.15) is 9.53 Å². The summed E-state index contributed by atoms with van der Waals surface area (Å²) < 4.78 is 5.43. The van der Waals surface area contributed by atoms with Crippen LogP contribution in [0.15, 0.2) is 30.3 Å². The summed E-state index contributed by atoms with van der Waals surface area (Å²) in [6, 6.07) is 9.74. The first kappa shape index (κ1) is 13.8. The Morgan fingerprint density at radius 2 is 2.00 bits per heavy atom. The molecule has 1 heterocycles. The highest BCUT2D eigenvalue weighted by molar-refractivity contribution is 14.1. The molecule has 0 aliphatic carbocycles. The summed E-state index contributed by atoms with van der Waals surface area (Å²) in [5.74, 6) is 0.263. The zero-order valence-corrected chi connectivity index (χ0v) is 12.8. The van der Waals surface area contributed by atoms with Crippen LogP contribution in [0.2, 0.25) is 0 Å². The Kier molecular flexibility index (Phi) is 4.27. The van der Waals surface area contributed by atoms with Crippen molar-refractivity contribution in [1.82, 2.24) is 5.32 Å². The molecule has 18 heavy (non-hydrogen) atoms. The van der Waals surface area contributed by atoms with Crippen LogP contribution in [0, 0.1) is 5.92 Å². The molecule has 3 nitrogen and oxygen atoms in total. The number of halogens is 1. The van der Waals surface area contributed by atoms with E-state index in [1.54, 1.807) is 0 Å². The maximum absolute atomic E-state index is 12.2. The van der Waals surface area contributed by atoms with E-state index < -0.39 is 0 Å². The summed E-state index contributed by atoms with van der Waals surface area (Å²) >= 11 is 2.14. The van der Waals surface area contributed by atoms with E-state index in [0.29, 0.717) is 5.92 Å². The molecule has 1 saturated heterocycles. The maximum atomic E-state index is 12.2. The summed E-state index contributed by atoms with van der Waals surface area (Å²) in [7, 11) is 0. The summed E-state index contributed by atoms with van der Waals surface area (Å²) in [6.45, 7) is 5.84. The number of alkyl halides is 1. The van der Waals surface area contributed by atoms with Crippen molar-refractivity contribution < 1.29 is 9.53 Å². The van der Waals surface area contributed by atoms with E-state index in [1.807, 2.05) is 44.2 Å². The predicted octanol–water partition coefficient (Wildman–Crippen LogP) is 2.70. The summed E-state index contributed by atoms with van der Waals surface area (Å²) in [5, 5.41) is 3.21. The Labute approximate surface area is 121 Å². The zero-order valence-electron chi connectivity index (χ0n) is 10.7. The Bertz CT molecular complexity index is 415. The van der Waals surface area contributed by atoms with E-state index in [-0.39, 0.29) is 15.5 Å². The lowest BCUT2D eigenvalue weighted by Crippen LogP contribution is -2.55. The van der Waals surface area contributed by atoms with Crippen molar-refractivity contribution in [3.05, 3.63) is 35.9 Å². The van der Waals surface area contributed by atoms with Crippen molar-refractivity contribution >= 4 is 28.6 Å². The second kappa shape index (κ2) is 5.57. The molecule has 0 spiro atoms. The molecular formula is C14H18INO2. The average molecular weight is 359 g/mol. The van der Waals surface area contributed by atoms with Gasteiger partial charge in [-0.05, 0) is 19.4 Å². The minimum atomic E-state index is -0.388. The standard InChI is InChI=1S/C14H18INO2/c1-14(2,11-8-16-9-11)18-13(17)12(15)10-6-4-3-5-7-10/h3-7,11-12,16H,8-9H2,1-2H3. The number of carbonyl (C=O) groups is 1. The molecule has 1 aromatic rings. The lowest BCUT2D eigenvalue weighted by atomic mass is 9.86. The zero-order chi connectivity index (χ0) is 13.2. The number of carbonyl (C=O) groups excluding carboxylic acids is 1. The molecule has 4 heteroatoms. The number of rotatable bonds is 4. The second-order valence-corrected chi connectivity index (χ2v) is 6.40. The van der Waals surface area contributed by atoms with Crippen molar-refractivity contribution in [2.24, 2.45) is 5.92 Å². The van der Waals surface area contributed by atoms with Gasteiger partial charge in [0.25, 0.3) is 0 Å². The van der Waals surface area contributed by atoms with Gasteiger partial charge in [-0.15, -0.1) is 0 Å². The molecule has 1 aromatic carbocycles. The fourth-order valence-electron chi connectivity index (χ4n) is 1.93. The normalized spacial score (nSPS) is 17.9. The highest BCUT2D eigenvalue weighted by Gasteiger charge is 2.38. The number of nitrogens with one attached hydrogen (secondary N) is 1. The smallest absolute Gasteiger partial charge is 0.323 e. The van der Waals surface area contributed by atoms with E-state index in [0.717, 1.165) is 18.7 Å². The molecule has 1 unspecified atom stereocenters. The van der Waals surface area contributed by atoms with Crippen molar-refractivity contribution in [2.75, 3.05) is 13.1 Å². The van der Waals surface area contributed by atoms with Gasteiger partial charge >= 0.3 is 5.97 Å². The first-order chi connectivity index (χ1) is 8.50. The van der Waals surface area contributed by atoms with Gasteiger partial charge in [0, 0.05) is 19.0 Å². The Morgan fingerprint density at radius 1 is 1.39 bits per heavy atom. The van der Waals surface area contributed by atoms with Crippen LogP contribution in [-0.4, -0.2) is 24.7 Å². The number of ether oxygens (including phenoxy) is 1. The van der Waals surface area contributed by atoms with Gasteiger partial charge in [-0.2, -0.15) is 0 Å². The van der Waals surface area contributed by atoms with Gasteiger partial charge in [-0.25, -0.2) is 0 Å². The fourth-order valence-corrected chi connectivity index (χ4v) is 2.48. The van der Waals surface area contributed by atoms with Gasteiger partial charge in [0.05, 0.1) is 0 Å². The van der Waals surface area contributed by atoms with E-state index >= 15 is 0 Å². The highest BCUT2D eigenvalue weighted by Crippen LogP contribution is 2.30. The van der Waals surface area contributed by atoms with E-state index in [9.17, 15) is 4.79 Å². The van der Waals surface area contributed by atoms with E-state index in [1.165, 1.54) is 0 Å². The van der Waals surface area contributed by atoms with Gasteiger partial charge in [0.15, 0.2) is 0 Å². The summed E-state index contributed by atoms with van der Waals surface area (Å²) in [4.78, 5) is 12.2. The fraction of sp³-hybridized carbons (Fsp3) is 0.500. The monoisotopic (exact) mass is 359 g/mol. The van der Waals surface area contributed by atoms with Gasteiger partial charge in [-0.1, -0.05) is 52.9 Å². The number of hydrogen-bond donors (Lipinski definition) is 1. The SMILES string of the molecule is CC(C)(OC(=O)C(I)c1ccccc1)C1CNC1. The third-order valence-electron chi connectivity index (χ3n) is 3.43. The molecule has 0 bridgehead atoms. The van der Waals surface area contributed by atoms with Gasteiger partial charge in [0.2, 0.25) is 0 Å². The molecular weight excluding hydrogens is 341 g/mol. The third-order valence-corrected chi connectivity index (χ3v) is 4.66. The number of hydrogen-bond acceptors (Lipinski definition) is 3. The lowest BCUT2D eigenvalue weighted by Gasteiger charge is -2.40. The number of esters is 1. The van der Waals surface area contributed by atoms with Crippen molar-refractivity contribution in [2.45, 2.75) is 23.4 Å². The Hall–Kier alpha value is -0.620. The average Bonchev–Trinajstić information content (AvgIpc) is 2.25. The predicted molar refractivity (Wildman–Crippen MR) is 79.7 cm³/mol. The van der Waals surface area contributed by atoms with Crippen LogP contribution in [0.5, 0.6) is 0 Å². The van der Waals surface area contributed by atoms with Crippen LogP contribution < -0.4 is 5.32 Å². The Morgan fingerprint density at radius 3 is 2.50 bits per heavy atom. The molecule has 0 aromatic heterocycles. The minimum absolute atomic E-state index is 0.154. The molecule has 98 valence electrons. The van der Waals surface area contributed by atoms with Crippen LogP contribution in [0.4, 0.5) is 0 Å². The first-order valence-electron chi connectivity index (χ1n) is 6.13. The molecule has 1 aliphatic heterocycles. The molecule has 0 saturated carbocycles. The molecule has 1 N–H and O–H groups in total. The Balaban J connectivity index is 1.99. The maximum Gasteiger partial charge on any atom is 0.323 e.